The second-order valence-electron chi connectivity index (χ2n) is 25.7. The van der Waals surface area contributed by atoms with Crippen LogP contribution in [0.15, 0.2) is 72.9 Å². The van der Waals surface area contributed by atoms with Crippen molar-refractivity contribution in [2.24, 2.45) is 0 Å². The first-order chi connectivity index (χ1) is 42.3. The van der Waals surface area contributed by atoms with Gasteiger partial charge < -0.3 is 40.3 Å². The van der Waals surface area contributed by atoms with Crippen molar-refractivity contribution in [3.8, 4) is 0 Å². The molecule has 9 heteroatoms. The molecular formula is C77H141NO8. The Morgan fingerprint density at radius 2 is 0.721 bits per heavy atom. The average molecular weight is 1210 g/mol. The first-order valence-corrected chi connectivity index (χ1v) is 37.2. The van der Waals surface area contributed by atoms with E-state index in [1.165, 1.54) is 263 Å². The first-order valence-electron chi connectivity index (χ1n) is 37.2. The van der Waals surface area contributed by atoms with Gasteiger partial charge in [-0.25, -0.2) is 0 Å². The van der Waals surface area contributed by atoms with Crippen molar-refractivity contribution < 1.29 is 39.8 Å². The van der Waals surface area contributed by atoms with Crippen LogP contribution in [-0.2, 0) is 14.3 Å². The maximum Gasteiger partial charge on any atom is 0.220 e. The van der Waals surface area contributed by atoms with Crippen LogP contribution in [0, 0.1) is 0 Å². The number of aliphatic hydroxyl groups is 5. The second-order valence-corrected chi connectivity index (χ2v) is 25.7. The highest BCUT2D eigenvalue weighted by Crippen LogP contribution is 2.24. The van der Waals surface area contributed by atoms with Crippen LogP contribution in [0.1, 0.15) is 354 Å². The summed E-state index contributed by atoms with van der Waals surface area (Å²) >= 11 is 0. The minimum atomic E-state index is -1.57. The molecule has 0 aromatic carbocycles. The second kappa shape index (κ2) is 65.6. The Balaban J connectivity index is 2.05. The number of hydrogen-bond donors (Lipinski definition) is 6. The van der Waals surface area contributed by atoms with Crippen LogP contribution in [0.25, 0.3) is 0 Å². The van der Waals surface area contributed by atoms with Crippen LogP contribution in [0.3, 0.4) is 0 Å². The zero-order valence-corrected chi connectivity index (χ0v) is 56.3. The van der Waals surface area contributed by atoms with Crippen molar-refractivity contribution in [2.45, 2.75) is 397 Å². The Kier molecular flexibility index (Phi) is 62.3. The van der Waals surface area contributed by atoms with E-state index in [2.05, 4.69) is 79.9 Å². The summed E-state index contributed by atoms with van der Waals surface area (Å²) < 4.78 is 11.3. The normalized spacial score (nSPS) is 18.4. The molecule has 0 radical (unpaired) electrons. The number of hydrogen-bond acceptors (Lipinski definition) is 8. The molecule has 1 heterocycles. The third-order valence-electron chi connectivity index (χ3n) is 17.5. The number of nitrogens with one attached hydrogen (secondary N) is 1. The Morgan fingerprint density at radius 1 is 0.407 bits per heavy atom. The van der Waals surface area contributed by atoms with Gasteiger partial charge in [0.1, 0.15) is 24.4 Å². The molecule has 6 N–H and O–H groups in total. The maximum absolute atomic E-state index is 13.1. The molecule has 1 amide bonds. The van der Waals surface area contributed by atoms with E-state index < -0.39 is 49.5 Å². The van der Waals surface area contributed by atoms with E-state index in [9.17, 15) is 30.3 Å². The van der Waals surface area contributed by atoms with Crippen molar-refractivity contribution in [2.75, 3.05) is 13.2 Å². The highest BCUT2D eigenvalue weighted by atomic mass is 16.7. The lowest BCUT2D eigenvalue weighted by molar-refractivity contribution is -0.302. The van der Waals surface area contributed by atoms with Crippen molar-refractivity contribution in [1.29, 1.82) is 0 Å². The van der Waals surface area contributed by atoms with Crippen LogP contribution in [0.4, 0.5) is 0 Å². The average Bonchev–Trinajstić information content (AvgIpc) is 2.36. The molecule has 7 unspecified atom stereocenters. The summed E-state index contributed by atoms with van der Waals surface area (Å²) in [7, 11) is 0. The van der Waals surface area contributed by atoms with E-state index >= 15 is 0 Å². The van der Waals surface area contributed by atoms with Crippen LogP contribution in [0.2, 0.25) is 0 Å². The lowest BCUT2D eigenvalue weighted by Crippen LogP contribution is -2.60. The van der Waals surface area contributed by atoms with Gasteiger partial charge in [-0.15, -0.1) is 0 Å². The molecule has 0 aliphatic carbocycles. The predicted octanol–water partition coefficient (Wildman–Crippen LogP) is 20.7. The lowest BCUT2D eigenvalue weighted by atomic mass is 9.99. The SMILES string of the molecule is CC/C=C\C/C=C\C/C=C\C/C=C\C/C=C\CCCCCCCCCCCCCCCCCCCCCCCCCCCC(=O)NC(COC1OC(CO)C(O)C(O)C1O)C(O)/C=C/CCCCCCCCCCCCCCCCCCCCCC. The molecule has 0 aromatic heterocycles. The van der Waals surface area contributed by atoms with E-state index in [1.807, 2.05) is 6.08 Å². The quantitative estimate of drug-likeness (QED) is 0.0261. The summed E-state index contributed by atoms with van der Waals surface area (Å²) in [4.78, 5) is 13.1. The van der Waals surface area contributed by atoms with Crippen LogP contribution >= 0.6 is 0 Å². The summed E-state index contributed by atoms with van der Waals surface area (Å²) in [6.07, 6.45) is 86.0. The summed E-state index contributed by atoms with van der Waals surface area (Å²) in [5, 5.41) is 54.8. The molecule has 0 bridgehead atoms. The van der Waals surface area contributed by atoms with Crippen LogP contribution in [-0.4, -0.2) is 87.5 Å². The summed E-state index contributed by atoms with van der Waals surface area (Å²) in [5.74, 6) is -0.170. The molecule has 1 aliphatic rings. The van der Waals surface area contributed by atoms with Gasteiger partial charge in [0.15, 0.2) is 6.29 Å². The molecule has 0 aromatic rings. The fraction of sp³-hybridized carbons (Fsp3) is 0.831. The molecule has 0 spiro atoms. The highest BCUT2D eigenvalue weighted by Gasteiger charge is 2.44. The maximum atomic E-state index is 13.1. The topological polar surface area (TPSA) is 149 Å². The standard InChI is InChI=1S/C77H141NO8/c1-3-5-7-9-11-13-15-17-19-21-23-25-27-28-29-30-31-32-33-34-35-36-37-38-39-40-41-42-43-44-45-47-49-51-53-55-57-59-61-63-65-67-73(81)78-70(69-85-77-76(84)75(83)74(82)72(68-79)86-77)71(80)66-64-62-60-58-56-54-52-50-48-46-26-24-22-20-18-16-14-12-10-8-6-4-2/h5,7,11,13,17,19,23,25,28-29,64,66,70-72,74-77,79-80,82-84H,3-4,6,8-10,12,14-16,18,20-22,24,26-27,30-63,65,67-69H2,1-2H3,(H,78,81)/b7-5-,13-11-,19-17-,25-23-,29-28-,66-64+. The number of amides is 1. The number of rotatable bonds is 65. The lowest BCUT2D eigenvalue weighted by Gasteiger charge is -2.40. The van der Waals surface area contributed by atoms with E-state index in [-0.39, 0.29) is 12.5 Å². The van der Waals surface area contributed by atoms with Crippen LogP contribution in [0.5, 0.6) is 0 Å². The molecule has 9 nitrogen and oxygen atoms in total. The smallest absolute Gasteiger partial charge is 0.220 e. The molecule has 7 atom stereocenters. The Morgan fingerprint density at radius 3 is 1.07 bits per heavy atom. The van der Waals surface area contributed by atoms with E-state index in [4.69, 9.17) is 9.47 Å². The zero-order chi connectivity index (χ0) is 62.1. The van der Waals surface area contributed by atoms with Gasteiger partial charge >= 0.3 is 0 Å². The minimum Gasteiger partial charge on any atom is -0.394 e. The molecule has 1 aliphatic heterocycles. The zero-order valence-electron chi connectivity index (χ0n) is 56.3. The summed E-state index contributed by atoms with van der Waals surface area (Å²) in [5.41, 5.74) is 0. The largest absolute Gasteiger partial charge is 0.394 e. The molecule has 86 heavy (non-hydrogen) atoms. The number of unbranched alkanes of at least 4 members (excludes halogenated alkanes) is 45. The molecule has 1 rings (SSSR count). The molecular weight excluding hydrogens is 1070 g/mol. The molecule has 1 saturated heterocycles. The molecule has 1 fully saturated rings. The Hall–Kier alpha value is -2.37. The Bertz CT molecular complexity index is 1590. The molecule has 0 saturated carbocycles. The number of ether oxygens (including phenoxy) is 2. The minimum absolute atomic E-state index is 0.170. The van der Waals surface area contributed by atoms with Crippen molar-refractivity contribution in [3.63, 3.8) is 0 Å². The number of carbonyl (C=O) groups is 1. The third kappa shape index (κ3) is 53.5. The van der Waals surface area contributed by atoms with Crippen LogP contribution < -0.4 is 5.32 Å². The fourth-order valence-corrected chi connectivity index (χ4v) is 11.8. The highest BCUT2D eigenvalue weighted by molar-refractivity contribution is 5.76. The number of aliphatic hydroxyl groups excluding tert-OH is 5. The van der Waals surface area contributed by atoms with Gasteiger partial charge in [-0.05, 0) is 64.2 Å². The van der Waals surface area contributed by atoms with Gasteiger partial charge in [-0.3, -0.25) is 4.79 Å². The van der Waals surface area contributed by atoms with Gasteiger partial charge in [0.25, 0.3) is 0 Å². The third-order valence-corrected chi connectivity index (χ3v) is 17.5. The first kappa shape index (κ1) is 81.6. The van der Waals surface area contributed by atoms with Gasteiger partial charge in [-0.1, -0.05) is 356 Å². The number of carbonyl (C=O) groups excluding carboxylic acids is 1. The van der Waals surface area contributed by atoms with Gasteiger partial charge in [-0.2, -0.15) is 0 Å². The molecule has 502 valence electrons. The monoisotopic (exact) mass is 1210 g/mol. The van der Waals surface area contributed by atoms with Gasteiger partial charge in [0.05, 0.1) is 25.4 Å². The number of allylic oxidation sites excluding steroid dienone is 11. The summed E-state index contributed by atoms with van der Waals surface area (Å²) in [6, 6.07) is -0.806. The van der Waals surface area contributed by atoms with Gasteiger partial charge in [0, 0.05) is 6.42 Å². The summed E-state index contributed by atoms with van der Waals surface area (Å²) in [6.45, 7) is 3.71. The van der Waals surface area contributed by atoms with Crippen molar-refractivity contribution in [1.82, 2.24) is 5.32 Å². The van der Waals surface area contributed by atoms with E-state index in [0.717, 1.165) is 70.6 Å². The van der Waals surface area contributed by atoms with Crippen molar-refractivity contribution in [3.05, 3.63) is 72.9 Å². The Labute approximate surface area is 531 Å². The fourth-order valence-electron chi connectivity index (χ4n) is 11.8. The predicted molar refractivity (Wildman–Crippen MR) is 369 cm³/mol. The van der Waals surface area contributed by atoms with Gasteiger partial charge in [0.2, 0.25) is 5.91 Å². The van der Waals surface area contributed by atoms with E-state index in [1.54, 1.807) is 6.08 Å². The van der Waals surface area contributed by atoms with Crippen molar-refractivity contribution >= 4 is 5.91 Å². The van der Waals surface area contributed by atoms with E-state index in [0.29, 0.717) is 6.42 Å².